The first kappa shape index (κ1) is 12.9. The molecule has 3 aromatic rings. The Morgan fingerprint density at radius 1 is 1.15 bits per heavy atom. The standard InChI is InChI=1S/C15H8BrFO3/c16-15-10(18)5-6-12-14(15)11(19)7-13(20-12)8-3-1-2-4-9(8)17/h1-7,18H. The molecule has 0 spiro atoms. The number of phenolic OH excluding ortho intramolecular Hbond substituents is 1. The van der Waals surface area contributed by atoms with Gasteiger partial charge in [-0.3, -0.25) is 4.79 Å². The van der Waals surface area contributed by atoms with E-state index in [4.69, 9.17) is 4.42 Å². The Kier molecular flexibility index (Phi) is 3.06. The largest absolute Gasteiger partial charge is 0.507 e. The van der Waals surface area contributed by atoms with Crippen LogP contribution in [-0.4, -0.2) is 5.11 Å². The molecule has 0 amide bonds. The van der Waals surface area contributed by atoms with Crippen molar-refractivity contribution in [2.45, 2.75) is 0 Å². The second-order valence-electron chi connectivity index (χ2n) is 4.23. The van der Waals surface area contributed by atoms with Crippen molar-refractivity contribution in [3.8, 4) is 17.1 Å². The Bertz CT molecular complexity index is 871. The Labute approximate surface area is 121 Å². The van der Waals surface area contributed by atoms with Crippen LogP contribution in [0, 0.1) is 5.82 Å². The lowest BCUT2D eigenvalue weighted by atomic mass is 10.1. The Morgan fingerprint density at radius 2 is 1.90 bits per heavy atom. The number of aromatic hydroxyl groups is 1. The van der Waals surface area contributed by atoms with E-state index in [1.165, 1.54) is 30.3 Å². The van der Waals surface area contributed by atoms with E-state index < -0.39 is 5.82 Å². The van der Waals surface area contributed by atoms with E-state index in [0.29, 0.717) is 0 Å². The molecule has 0 fully saturated rings. The van der Waals surface area contributed by atoms with Crippen molar-refractivity contribution in [2.75, 3.05) is 0 Å². The van der Waals surface area contributed by atoms with E-state index in [2.05, 4.69) is 15.9 Å². The van der Waals surface area contributed by atoms with Crippen LogP contribution in [0.1, 0.15) is 0 Å². The molecule has 3 rings (SSSR count). The zero-order valence-corrected chi connectivity index (χ0v) is 11.6. The third-order valence-corrected chi connectivity index (χ3v) is 3.75. The zero-order chi connectivity index (χ0) is 14.3. The minimum Gasteiger partial charge on any atom is -0.507 e. The molecule has 0 atom stereocenters. The highest BCUT2D eigenvalue weighted by Gasteiger charge is 2.14. The van der Waals surface area contributed by atoms with Crippen molar-refractivity contribution in [2.24, 2.45) is 0 Å². The topological polar surface area (TPSA) is 50.4 Å². The summed E-state index contributed by atoms with van der Waals surface area (Å²) in [6.07, 6.45) is 0. The number of halogens is 2. The van der Waals surface area contributed by atoms with Crippen LogP contribution in [0.4, 0.5) is 4.39 Å². The third-order valence-electron chi connectivity index (χ3n) is 2.95. The molecule has 20 heavy (non-hydrogen) atoms. The molecular formula is C15H8BrFO3. The highest BCUT2D eigenvalue weighted by atomic mass is 79.9. The number of phenols is 1. The molecule has 1 aromatic heterocycles. The van der Waals surface area contributed by atoms with Gasteiger partial charge in [0.1, 0.15) is 22.9 Å². The summed E-state index contributed by atoms with van der Waals surface area (Å²) in [6, 6.07) is 10.1. The van der Waals surface area contributed by atoms with E-state index in [-0.39, 0.29) is 37.9 Å². The summed E-state index contributed by atoms with van der Waals surface area (Å²) in [5, 5.41) is 9.81. The van der Waals surface area contributed by atoms with Crippen LogP contribution in [0.15, 0.2) is 56.1 Å². The van der Waals surface area contributed by atoms with Crippen LogP contribution in [0.5, 0.6) is 5.75 Å². The summed E-state index contributed by atoms with van der Waals surface area (Å²) < 4.78 is 19.6. The molecule has 5 heteroatoms. The summed E-state index contributed by atoms with van der Waals surface area (Å²) in [5.74, 6) is -0.366. The van der Waals surface area contributed by atoms with Gasteiger partial charge in [-0.2, -0.15) is 0 Å². The van der Waals surface area contributed by atoms with E-state index in [1.54, 1.807) is 12.1 Å². The number of hydrogen-bond acceptors (Lipinski definition) is 3. The summed E-state index contributed by atoms with van der Waals surface area (Å²) in [7, 11) is 0. The van der Waals surface area contributed by atoms with Crippen LogP contribution < -0.4 is 5.43 Å². The molecule has 1 N–H and O–H groups in total. The van der Waals surface area contributed by atoms with E-state index in [9.17, 15) is 14.3 Å². The minimum atomic E-state index is -0.465. The fourth-order valence-electron chi connectivity index (χ4n) is 1.99. The van der Waals surface area contributed by atoms with Crippen LogP contribution in [-0.2, 0) is 0 Å². The highest BCUT2D eigenvalue weighted by Crippen LogP contribution is 2.32. The predicted octanol–water partition coefficient (Wildman–Crippen LogP) is 4.07. The summed E-state index contributed by atoms with van der Waals surface area (Å²) in [5.41, 5.74) is 0.142. The second kappa shape index (κ2) is 4.76. The summed E-state index contributed by atoms with van der Waals surface area (Å²) in [4.78, 5) is 12.1. The van der Waals surface area contributed by atoms with E-state index in [1.807, 2.05) is 0 Å². The van der Waals surface area contributed by atoms with Crippen molar-refractivity contribution >= 4 is 26.9 Å². The number of benzene rings is 2. The van der Waals surface area contributed by atoms with Gasteiger partial charge >= 0.3 is 0 Å². The van der Waals surface area contributed by atoms with Gasteiger partial charge in [-0.25, -0.2) is 4.39 Å². The maximum atomic E-state index is 13.7. The molecule has 0 radical (unpaired) electrons. The molecule has 0 unspecified atom stereocenters. The zero-order valence-electron chi connectivity index (χ0n) is 10.1. The molecule has 0 aliphatic rings. The summed E-state index contributed by atoms with van der Waals surface area (Å²) in [6.45, 7) is 0. The van der Waals surface area contributed by atoms with Gasteiger partial charge < -0.3 is 9.52 Å². The van der Waals surface area contributed by atoms with Gasteiger partial charge in [0.15, 0.2) is 5.43 Å². The molecule has 3 nitrogen and oxygen atoms in total. The quantitative estimate of drug-likeness (QED) is 0.729. The fourth-order valence-corrected chi connectivity index (χ4v) is 2.52. The van der Waals surface area contributed by atoms with Crippen molar-refractivity contribution in [1.82, 2.24) is 0 Å². The van der Waals surface area contributed by atoms with Crippen LogP contribution >= 0.6 is 15.9 Å². The number of hydrogen-bond donors (Lipinski definition) is 1. The average Bonchev–Trinajstić information content (AvgIpc) is 2.43. The first-order valence-electron chi connectivity index (χ1n) is 5.78. The first-order valence-corrected chi connectivity index (χ1v) is 6.57. The normalized spacial score (nSPS) is 10.9. The first-order chi connectivity index (χ1) is 9.58. The number of rotatable bonds is 1. The lowest BCUT2D eigenvalue weighted by molar-refractivity contribution is 0.472. The summed E-state index contributed by atoms with van der Waals surface area (Å²) >= 11 is 3.14. The molecular weight excluding hydrogens is 327 g/mol. The maximum Gasteiger partial charge on any atom is 0.194 e. The van der Waals surface area contributed by atoms with Crippen LogP contribution in [0.25, 0.3) is 22.3 Å². The number of fused-ring (bicyclic) bond motifs is 1. The molecule has 0 bridgehead atoms. The van der Waals surface area contributed by atoms with Crippen molar-refractivity contribution in [3.05, 3.63) is 63.0 Å². The Balaban J connectivity index is 2.35. The molecule has 0 aliphatic carbocycles. The highest BCUT2D eigenvalue weighted by molar-refractivity contribution is 9.10. The molecule has 2 aromatic carbocycles. The smallest absolute Gasteiger partial charge is 0.194 e. The van der Waals surface area contributed by atoms with Gasteiger partial charge in [0, 0.05) is 6.07 Å². The Hall–Kier alpha value is -2.14. The van der Waals surface area contributed by atoms with E-state index >= 15 is 0 Å². The lowest BCUT2D eigenvalue weighted by Gasteiger charge is -2.06. The maximum absolute atomic E-state index is 13.7. The van der Waals surface area contributed by atoms with Gasteiger partial charge in [0.2, 0.25) is 0 Å². The monoisotopic (exact) mass is 334 g/mol. The van der Waals surface area contributed by atoms with E-state index in [0.717, 1.165) is 0 Å². The second-order valence-corrected chi connectivity index (χ2v) is 5.02. The van der Waals surface area contributed by atoms with Gasteiger partial charge in [-0.15, -0.1) is 0 Å². The minimum absolute atomic E-state index is 0.0524. The third kappa shape index (κ3) is 2.00. The van der Waals surface area contributed by atoms with Crippen molar-refractivity contribution in [1.29, 1.82) is 0 Å². The average molecular weight is 335 g/mol. The molecule has 0 aliphatic heterocycles. The van der Waals surface area contributed by atoms with Gasteiger partial charge in [0.05, 0.1) is 15.4 Å². The van der Waals surface area contributed by atoms with Crippen molar-refractivity contribution < 1.29 is 13.9 Å². The fraction of sp³-hybridized carbons (Fsp3) is 0. The molecule has 0 saturated carbocycles. The van der Waals surface area contributed by atoms with Crippen molar-refractivity contribution in [3.63, 3.8) is 0 Å². The van der Waals surface area contributed by atoms with Gasteiger partial charge in [-0.05, 0) is 40.2 Å². The Morgan fingerprint density at radius 3 is 2.65 bits per heavy atom. The predicted molar refractivity (Wildman–Crippen MR) is 77.2 cm³/mol. The SMILES string of the molecule is O=c1cc(-c2ccccc2F)oc2ccc(O)c(Br)c12. The van der Waals surface area contributed by atoms with Gasteiger partial charge in [-0.1, -0.05) is 12.1 Å². The van der Waals surface area contributed by atoms with Crippen LogP contribution in [0.3, 0.4) is 0 Å². The van der Waals surface area contributed by atoms with Crippen LogP contribution in [0.2, 0.25) is 0 Å². The molecule has 1 heterocycles. The molecule has 0 saturated heterocycles. The van der Waals surface area contributed by atoms with Gasteiger partial charge in [0.25, 0.3) is 0 Å². The molecule has 100 valence electrons. The lowest BCUT2D eigenvalue weighted by Crippen LogP contribution is -2.01.